The van der Waals surface area contributed by atoms with E-state index in [0.29, 0.717) is 17.6 Å². The van der Waals surface area contributed by atoms with E-state index >= 15 is 0 Å². The Hall–Kier alpha value is -0.590. The first-order valence-corrected chi connectivity index (χ1v) is 6.20. The molecule has 0 aromatic carbocycles. The Morgan fingerprint density at radius 2 is 2.00 bits per heavy atom. The third-order valence-electron chi connectivity index (χ3n) is 3.50. The molecule has 0 aromatic rings. The van der Waals surface area contributed by atoms with E-state index in [0.717, 1.165) is 18.4 Å². The molecule has 1 nitrogen and oxygen atoms in total. The lowest BCUT2D eigenvalue weighted by Gasteiger charge is -2.21. The second-order valence-corrected chi connectivity index (χ2v) is 5.42. The predicted molar refractivity (Wildman–Crippen MR) is 64.8 cm³/mol. The summed E-state index contributed by atoms with van der Waals surface area (Å²) in [6, 6.07) is 0. The standard InChI is InChI=1S/C14H24O/c1-10(2)8-13-7-5-6-11(3)12(4)14(15)9-13/h10,13H,5-9H2,1-4H3/b12-11-. The Morgan fingerprint density at radius 3 is 2.60 bits per heavy atom. The molecule has 1 rings (SSSR count). The van der Waals surface area contributed by atoms with Gasteiger partial charge in [-0.25, -0.2) is 0 Å². The highest BCUT2D eigenvalue weighted by atomic mass is 16.1. The van der Waals surface area contributed by atoms with Crippen molar-refractivity contribution in [3.05, 3.63) is 11.1 Å². The summed E-state index contributed by atoms with van der Waals surface area (Å²) >= 11 is 0. The number of ketones is 1. The first-order valence-electron chi connectivity index (χ1n) is 6.20. The maximum Gasteiger partial charge on any atom is 0.158 e. The van der Waals surface area contributed by atoms with Crippen LogP contribution in [0.2, 0.25) is 0 Å². The third-order valence-corrected chi connectivity index (χ3v) is 3.50. The van der Waals surface area contributed by atoms with Crippen LogP contribution in [0.1, 0.15) is 59.8 Å². The molecule has 0 N–H and O–H groups in total. The summed E-state index contributed by atoms with van der Waals surface area (Å²) in [5.41, 5.74) is 2.34. The molecule has 0 radical (unpaired) electrons. The molecule has 0 saturated heterocycles. The number of Topliss-reactive ketones (excluding diaryl/α,β-unsaturated/α-hetero) is 1. The van der Waals surface area contributed by atoms with E-state index in [1.54, 1.807) is 0 Å². The van der Waals surface area contributed by atoms with Gasteiger partial charge in [-0.15, -0.1) is 0 Å². The van der Waals surface area contributed by atoms with Crippen molar-refractivity contribution in [2.75, 3.05) is 0 Å². The quantitative estimate of drug-likeness (QED) is 0.667. The second kappa shape index (κ2) is 5.48. The van der Waals surface area contributed by atoms with Crippen molar-refractivity contribution >= 4 is 5.78 Å². The minimum absolute atomic E-state index is 0.387. The third kappa shape index (κ3) is 3.81. The van der Waals surface area contributed by atoms with Gasteiger partial charge >= 0.3 is 0 Å². The Labute approximate surface area is 93.9 Å². The van der Waals surface area contributed by atoms with E-state index in [1.807, 2.05) is 6.92 Å². The molecular formula is C14H24O. The molecule has 0 saturated carbocycles. The summed E-state index contributed by atoms with van der Waals surface area (Å²) < 4.78 is 0. The number of carbonyl (C=O) groups is 1. The van der Waals surface area contributed by atoms with Crippen LogP contribution in [0.4, 0.5) is 0 Å². The molecule has 0 bridgehead atoms. The highest BCUT2D eigenvalue weighted by Gasteiger charge is 2.19. The van der Waals surface area contributed by atoms with Crippen LogP contribution >= 0.6 is 0 Å². The molecular weight excluding hydrogens is 184 g/mol. The monoisotopic (exact) mass is 208 g/mol. The fourth-order valence-electron chi connectivity index (χ4n) is 2.47. The zero-order valence-corrected chi connectivity index (χ0v) is 10.6. The van der Waals surface area contributed by atoms with Crippen LogP contribution in [0.3, 0.4) is 0 Å². The fraction of sp³-hybridized carbons (Fsp3) is 0.786. The maximum absolute atomic E-state index is 11.9. The van der Waals surface area contributed by atoms with Gasteiger partial charge in [-0.2, -0.15) is 0 Å². The van der Waals surface area contributed by atoms with Gasteiger partial charge in [0.05, 0.1) is 0 Å². The lowest BCUT2D eigenvalue weighted by Crippen LogP contribution is -2.15. The summed E-state index contributed by atoms with van der Waals surface area (Å²) in [4.78, 5) is 11.9. The van der Waals surface area contributed by atoms with Crippen LogP contribution in [0.15, 0.2) is 11.1 Å². The Balaban J connectivity index is 2.66. The maximum atomic E-state index is 11.9. The van der Waals surface area contributed by atoms with E-state index in [-0.39, 0.29) is 0 Å². The molecule has 0 spiro atoms. The molecule has 0 heterocycles. The van der Waals surface area contributed by atoms with Crippen LogP contribution in [0, 0.1) is 11.8 Å². The fourth-order valence-corrected chi connectivity index (χ4v) is 2.47. The second-order valence-electron chi connectivity index (χ2n) is 5.42. The first kappa shape index (κ1) is 12.5. The van der Waals surface area contributed by atoms with Crippen molar-refractivity contribution in [1.29, 1.82) is 0 Å². The highest BCUT2D eigenvalue weighted by Crippen LogP contribution is 2.28. The first-order chi connectivity index (χ1) is 7.00. The summed E-state index contributed by atoms with van der Waals surface area (Å²) in [6.45, 7) is 8.60. The molecule has 1 aliphatic carbocycles. The van der Waals surface area contributed by atoms with Crippen LogP contribution in [0.5, 0.6) is 0 Å². The van der Waals surface area contributed by atoms with Crippen LogP contribution in [-0.4, -0.2) is 5.78 Å². The molecule has 1 atom stereocenters. The van der Waals surface area contributed by atoms with Crippen molar-refractivity contribution in [3.8, 4) is 0 Å². The van der Waals surface area contributed by atoms with Crippen molar-refractivity contribution in [3.63, 3.8) is 0 Å². The average molecular weight is 208 g/mol. The molecule has 1 aliphatic rings. The molecule has 1 unspecified atom stereocenters. The van der Waals surface area contributed by atoms with E-state index in [2.05, 4.69) is 20.8 Å². The largest absolute Gasteiger partial charge is 0.295 e. The molecule has 0 fully saturated rings. The van der Waals surface area contributed by atoms with E-state index < -0.39 is 0 Å². The summed E-state index contributed by atoms with van der Waals surface area (Å²) in [6.07, 6.45) is 5.59. The normalized spacial score (nSPS) is 29.1. The van der Waals surface area contributed by atoms with Crippen LogP contribution in [0.25, 0.3) is 0 Å². The smallest absolute Gasteiger partial charge is 0.158 e. The Kier molecular flexibility index (Phi) is 4.56. The van der Waals surface area contributed by atoms with Gasteiger partial charge in [0.25, 0.3) is 0 Å². The number of hydrogen-bond acceptors (Lipinski definition) is 1. The summed E-state index contributed by atoms with van der Waals surface area (Å²) in [5, 5.41) is 0. The van der Waals surface area contributed by atoms with Crippen LogP contribution in [-0.2, 0) is 4.79 Å². The number of allylic oxidation sites excluding steroid dienone is 2. The van der Waals surface area contributed by atoms with Gasteiger partial charge in [0.15, 0.2) is 5.78 Å². The van der Waals surface area contributed by atoms with Crippen molar-refractivity contribution in [2.45, 2.75) is 59.8 Å². The van der Waals surface area contributed by atoms with Crippen molar-refractivity contribution in [1.82, 2.24) is 0 Å². The van der Waals surface area contributed by atoms with Crippen molar-refractivity contribution in [2.24, 2.45) is 11.8 Å². The SMILES string of the molecule is C/C1=C(\C)C(=O)CC(CC(C)C)CCC1. The van der Waals surface area contributed by atoms with Gasteiger partial charge in [0.1, 0.15) is 0 Å². The molecule has 1 heteroatoms. The van der Waals surface area contributed by atoms with Crippen molar-refractivity contribution < 1.29 is 4.79 Å². The minimum atomic E-state index is 0.387. The predicted octanol–water partition coefficient (Wildman–Crippen LogP) is 4.13. The number of hydrogen-bond donors (Lipinski definition) is 0. The highest BCUT2D eigenvalue weighted by molar-refractivity contribution is 5.95. The summed E-state index contributed by atoms with van der Waals surface area (Å²) in [5.74, 6) is 1.73. The van der Waals surface area contributed by atoms with Gasteiger partial charge < -0.3 is 0 Å². The topological polar surface area (TPSA) is 17.1 Å². The Morgan fingerprint density at radius 1 is 1.33 bits per heavy atom. The zero-order valence-electron chi connectivity index (χ0n) is 10.6. The molecule has 86 valence electrons. The van der Waals surface area contributed by atoms with Gasteiger partial charge in [0, 0.05) is 6.42 Å². The number of rotatable bonds is 2. The lowest BCUT2D eigenvalue weighted by molar-refractivity contribution is -0.116. The van der Waals surface area contributed by atoms with Gasteiger partial charge in [-0.1, -0.05) is 19.4 Å². The zero-order chi connectivity index (χ0) is 11.4. The van der Waals surface area contributed by atoms with E-state index in [9.17, 15) is 4.79 Å². The van der Waals surface area contributed by atoms with Gasteiger partial charge in [-0.05, 0) is 56.9 Å². The summed E-state index contributed by atoms with van der Waals surface area (Å²) in [7, 11) is 0. The average Bonchev–Trinajstić information content (AvgIpc) is 2.13. The molecule has 0 aliphatic heterocycles. The molecule has 0 amide bonds. The van der Waals surface area contributed by atoms with E-state index in [1.165, 1.54) is 24.8 Å². The van der Waals surface area contributed by atoms with Crippen LogP contribution < -0.4 is 0 Å². The molecule has 15 heavy (non-hydrogen) atoms. The Bertz CT molecular complexity index is 261. The lowest BCUT2D eigenvalue weighted by atomic mass is 9.83. The minimum Gasteiger partial charge on any atom is -0.295 e. The van der Waals surface area contributed by atoms with Gasteiger partial charge in [0.2, 0.25) is 0 Å². The van der Waals surface area contributed by atoms with Gasteiger partial charge in [-0.3, -0.25) is 4.79 Å². The molecule has 0 aromatic heterocycles. The number of carbonyl (C=O) groups excluding carboxylic acids is 1. The van der Waals surface area contributed by atoms with E-state index in [4.69, 9.17) is 0 Å².